The number of hydrogen-bond acceptors (Lipinski definition) is 3. The maximum absolute atomic E-state index is 11.7. The number of hydrogen-bond donors (Lipinski definition) is 2. The lowest BCUT2D eigenvalue weighted by Gasteiger charge is -2.24. The first-order chi connectivity index (χ1) is 17.0. The second-order valence-corrected chi connectivity index (χ2v) is 10.2. The Morgan fingerprint density at radius 1 is 0.543 bits per heavy atom. The van der Waals surface area contributed by atoms with Crippen molar-refractivity contribution in [2.75, 3.05) is 0 Å². The van der Waals surface area contributed by atoms with Crippen LogP contribution in [0.15, 0.2) is 0 Å². The van der Waals surface area contributed by atoms with Crippen molar-refractivity contribution < 1.29 is 19.7 Å². The number of phenols is 1. The van der Waals surface area contributed by atoms with E-state index in [-0.39, 0.29) is 11.5 Å². The van der Waals surface area contributed by atoms with E-state index in [0.29, 0.717) is 0 Å². The van der Waals surface area contributed by atoms with Gasteiger partial charge in [0.1, 0.15) is 0 Å². The maximum Gasteiger partial charge on any atom is 0.511 e. The van der Waals surface area contributed by atoms with Gasteiger partial charge in [-0.1, -0.05) is 105 Å². The van der Waals surface area contributed by atoms with Gasteiger partial charge >= 0.3 is 6.16 Å². The van der Waals surface area contributed by atoms with Gasteiger partial charge in [-0.15, -0.1) is 0 Å². The molecule has 0 saturated heterocycles. The number of unbranched alkanes of at least 4 members (excludes halogenated alkanes) is 12. The van der Waals surface area contributed by atoms with Crippen molar-refractivity contribution in [1.29, 1.82) is 0 Å². The molecular formula is C31H54O4. The summed E-state index contributed by atoms with van der Waals surface area (Å²) >= 11 is 0. The Bertz CT molecular complexity index is 711. The maximum atomic E-state index is 11.7. The molecular weight excluding hydrogens is 436 g/mol. The molecule has 202 valence electrons. The summed E-state index contributed by atoms with van der Waals surface area (Å²) in [7, 11) is 0. The third-order valence-electron chi connectivity index (χ3n) is 7.18. The quantitative estimate of drug-likeness (QED) is 0.102. The van der Waals surface area contributed by atoms with Gasteiger partial charge in [0.25, 0.3) is 0 Å². The van der Waals surface area contributed by atoms with Crippen molar-refractivity contribution in [2.24, 2.45) is 0 Å². The summed E-state index contributed by atoms with van der Waals surface area (Å²) in [6.45, 7) is 8.87. The molecule has 0 heterocycles. The molecule has 0 unspecified atom stereocenters. The van der Waals surface area contributed by atoms with E-state index in [1.165, 1.54) is 68.9 Å². The Kier molecular flexibility index (Phi) is 17.4. The molecule has 0 amide bonds. The first kappa shape index (κ1) is 31.3. The Morgan fingerprint density at radius 3 is 1.26 bits per heavy atom. The van der Waals surface area contributed by atoms with Crippen LogP contribution in [0.3, 0.4) is 0 Å². The second-order valence-electron chi connectivity index (χ2n) is 10.2. The third kappa shape index (κ3) is 11.7. The van der Waals surface area contributed by atoms with E-state index >= 15 is 0 Å². The highest BCUT2D eigenvalue weighted by Crippen LogP contribution is 2.43. The van der Waals surface area contributed by atoms with E-state index in [9.17, 15) is 15.0 Å². The zero-order valence-corrected chi connectivity index (χ0v) is 23.4. The fraction of sp³-hybridized carbons (Fsp3) is 0.774. The second kappa shape index (κ2) is 19.5. The van der Waals surface area contributed by atoms with Crippen molar-refractivity contribution >= 4 is 6.16 Å². The zero-order chi connectivity index (χ0) is 25.9. The molecule has 1 rings (SSSR count). The molecule has 0 spiro atoms. The molecule has 0 bridgehead atoms. The number of carbonyl (C=O) groups is 1. The molecule has 1 aromatic carbocycles. The number of carboxylic acid groups (broad SMARTS) is 1. The van der Waals surface area contributed by atoms with Crippen molar-refractivity contribution in [3.8, 4) is 11.5 Å². The highest BCUT2D eigenvalue weighted by molar-refractivity contribution is 5.68. The molecule has 0 radical (unpaired) electrons. The van der Waals surface area contributed by atoms with Crippen molar-refractivity contribution in [3.63, 3.8) is 0 Å². The monoisotopic (exact) mass is 490 g/mol. The predicted octanol–water partition coefficient (Wildman–Crippen LogP) is 9.94. The minimum Gasteiger partial charge on any atom is -0.504 e. The van der Waals surface area contributed by atoms with Crippen LogP contribution in [0.1, 0.15) is 153 Å². The van der Waals surface area contributed by atoms with Crippen LogP contribution in [-0.2, 0) is 25.7 Å². The van der Waals surface area contributed by atoms with Gasteiger partial charge in [-0.25, -0.2) is 4.79 Å². The topological polar surface area (TPSA) is 66.8 Å². The molecule has 0 aliphatic carbocycles. The molecule has 4 nitrogen and oxygen atoms in total. The lowest BCUT2D eigenvalue weighted by molar-refractivity contribution is 0.142. The first-order valence-corrected chi connectivity index (χ1v) is 14.8. The van der Waals surface area contributed by atoms with Crippen LogP contribution in [0.2, 0.25) is 0 Å². The lowest BCUT2D eigenvalue weighted by Crippen LogP contribution is -2.13. The van der Waals surface area contributed by atoms with Crippen LogP contribution in [0.25, 0.3) is 0 Å². The Balaban J connectivity index is 3.51. The van der Waals surface area contributed by atoms with Gasteiger partial charge in [0.2, 0.25) is 0 Å². The fourth-order valence-corrected chi connectivity index (χ4v) is 5.17. The van der Waals surface area contributed by atoms with Crippen LogP contribution < -0.4 is 4.74 Å². The van der Waals surface area contributed by atoms with E-state index < -0.39 is 6.16 Å². The molecule has 35 heavy (non-hydrogen) atoms. The van der Waals surface area contributed by atoms with E-state index in [1.54, 1.807) is 0 Å². The largest absolute Gasteiger partial charge is 0.511 e. The number of rotatable bonds is 21. The zero-order valence-electron chi connectivity index (χ0n) is 23.4. The van der Waals surface area contributed by atoms with Crippen molar-refractivity contribution in [2.45, 2.75) is 156 Å². The van der Waals surface area contributed by atoms with Crippen LogP contribution in [0.5, 0.6) is 11.5 Å². The Morgan fingerprint density at radius 2 is 0.886 bits per heavy atom. The molecule has 0 saturated carbocycles. The summed E-state index contributed by atoms with van der Waals surface area (Å²) in [5, 5.41) is 20.9. The van der Waals surface area contributed by atoms with Gasteiger partial charge in [-0.2, -0.15) is 0 Å². The van der Waals surface area contributed by atoms with E-state index in [0.717, 1.165) is 81.8 Å². The number of aromatic hydroxyl groups is 1. The average Bonchev–Trinajstić information content (AvgIpc) is 2.84. The van der Waals surface area contributed by atoms with Crippen LogP contribution in [-0.4, -0.2) is 16.4 Å². The highest BCUT2D eigenvalue weighted by Gasteiger charge is 2.25. The molecule has 4 heteroatoms. The van der Waals surface area contributed by atoms with Gasteiger partial charge in [-0.3, -0.25) is 0 Å². The lowest BCUT2D eigenvalue weighted by atomic mass is 9.84. The molecule has 0 fully saturated rings. The van der Waals surface area contributed by atoms with Crippen LogP contribution >= 0.6 is 0 Å². The first-order valence-electron chi connectivity index (χ1n) is 14.8. The van der Waals surface area contributed by atoms with E-state index in [4.69, 9.17) is 4.74 Å². The summed E-state index contributed by atoms with van der Waals surface area (Å²) in [6, 6.07) is 0. The molecule has 0 atom stereocenters. The van der Waals surface area contributed by atoms with E-state index in [2.05, 4.69) is 27.7 Å². The Labute approximate surface area is 215 Å². The number of ether oxygens (including phenoxy) is 1. The average molecular weight is 491 g/mol. The molecule has 0 aliphatic heterocycles. The molecule has 2 N–H and O–H groups in total. The van der Waals surface area contributed by atoms with E-state index in [1.807, 2.05) is 0 Å². The number of benzene rings is 1. The van der Waals surface area contributed by atoms with Gasteiger partial charge in [0.15, 0.2) is 11.5 Å². The summed E-state index contributed by atoms with van der Waals surface area (Å²) in [5.74, 6) is 0.319. The van der Waals surface area contributed by atoms with Gasteiger partial charge in [-0.05, 0) is 62.5 Å². The number of phenolic OH excluding ortho intramolecular Hbond substituents is 1. The smallest absolute Gasteiger partial charge is 0.504 e. The summed E-state index contributed by atoms with van der Waals surface area (Å²) in [5.41, 5.74) is 4.50. The minimum atomic E-state index is -1.33. The standard InChI is InChI=1S/C31H54O4/c1-5-9-13-17-21-25-26(22-18-14-10-6-2)28(24-20-16-12-8-4)30(35-31(33)34)29(32)27(25)23-19-15-11-7-3/h32H,5-24H2,1-4H3,(H,33,34). The van der Waals surface area contributed by atoms with Gasteiger partial charge in [0, 0.05) is 11.1 Å². The van der Waals surface area contributed by atoms with Crippen LogP contribution in [0.4, 0.5) is 4.79 Å². The van der Waals surface area contributed by atoms with Crippen molar-refractivity contribution in [3.05, 3.63) is 22.3 Å². The predicted molar refractivity (Wildman–Crippen MR) is 148 cm³/mol. The Hall–Kier alpha value is -1.71. The summed E-state index contributed by atoms with van der Waals surface area (Å²) < 4.78 is 5.33. The SMILES string of the molecule is CCCCCCc1c(O)c(OC(=O)O)c(CCCCCC)c(CCCCCC)c1CCCCCC. The normalized spacial score (nSPS) is 11.2. The van der Waals surface area contributed by atoms with Gasteiger partial charge in [0.05, 0.1) is 0 Å². The van der Waals surface area contributed by atoms with Crippen LogP contribution in [0, 0.1) is 0 Å². The fourth-order valence-electron chi connectivity index (χ4n) is 5.17. The summed E-state index contributed by atoms with van der Waals surface area (Å²) in [4.78, 5) is 11.7. The minimum absolute atomic E-state index is 0.0946. The summed E-state index contributed by atoms with van der Waals surface area (Å²) in [6.07, 6.45) is 20.5. The molecule has 1 aromatic rings. The highest BCUT2D eigenvalue weighted by atomic mass is 16.7. The molecule has 0 aromatic heterocycles. The molecule has 0 aliphatic rings. The van der Waals surface area contributed by atoms with Gasteiger partial charge < -0.3 is 14.9 Å². The third-order valence-corrected chi connectivity index (χ3v) is 7.18. The van der Waals surface area contributed by atoms with Crippen molar-refractivity contribution in [1.82, 2.24) is 0 Å².